The molecule has 4 rings (SSSR count). The van der Waals surface area contributed by atoms with Crippen molar-refractivity contribution < 1.29 is 19.1 Å². The highest BCUT2D eigenvalue weighted by atomic mass is 19.1. The Morgan fingerprint density at radius 3 is 3.00 bits per heavy atom. The summed E-state index contributed by atoms with van der Waals surface area (Å²) < 4.78 is 15.8. The minimum absolute atomic E-state index is 0.254. The van der Waals surface area contributed by atoms with Gasteiger partial charge in [-0.05, 0) is 54.7 Å². The molecule has 0 aliphatic carbocycles. The third-order valence-electron chi connectivity index (χ3n) is 5.46. The van der Waals surface area contributed by atoms with Crippen LogP contribution < -0.4 is 5.73 Å². The summed E-state index contributed by atoms with van der Waals surface area (Å²) in [5.41, 5.74) is 9.67. The van der Waals surface area contributed by atoms with E-state index in [9.17, 15) is 9.18 Å². The maximum absolute atomic E-state index is 13.7. The van der Waals surface area contributed by atoms with Crippen LogP contribution in [0.25, 0.3) is 11.0 Å². The summed E-state index contributed by atoms with van der Waals surface area (Å²) in [5.74, 6) is -1.25. The van der Waals surface area contributed by atoms with Crippen molar-refractivity contribution in [3.63, 3.8) is 0 Å². The summed E-state index contributed by atoms with van der Waals surface area (Å²) in [6.07, 6.45) is 3.54. The SMILES string of the molecule is N[C@@H](CCCON1CCc2c(n(Cc3cccc(F)c3)c3ncccc23)C1)C(=O)O. The molecule has 0 bridgehead atoms. The van der Waals surface area contributed by atoms with Crippen molar-refractivity contribution >= 4 is 17.0 Å². The number of hydrogen-bond acceptors (Lipinski definition) is 5. The van der Waals surface area contributed by atoms with Gasteiger partial charge in [-0.25, -0.2) is 9.37 Å². The Balaban J connectivity index is 1.52. The van der Waals surface area contributed by atoms with E-state index in [1.165, 1.54) is 11.6 Å². The molecule has 3 heterocycles. The first-order valence-corrected chi connectivity index (χ1v) is 10.1. The van der Waals surface area contributed by atoms with Crippen molar-refractivity contribution in [2.24, 2.45) is 5.73 Å². The molecule has 0 spiro atoms. The van der Waals surface area contributed by atoms with Crippen LogP contribution in [0, 0.1) is 5.82 Å². The molecule has 1 aliphatic rings. The predicted molar refractivity (Wildman–Crippen MR) is 110 cm³/mol. The van der Waals surface area contributed by atoms with E-state index in [0.29, 0.717) is 32.5 Å². The average molecular weight is 412 g/mol. The topological polar surface area (TPSA) is 93.6 Å². The Morgan fingerprint density at radius 1 is 1.33 bits per heavy atom. The summed E-state index contributed by atoms with van der Waals surface area (Å²) >= 11 is 0. The van der Waals surface area contributed by atoms with Gasteiger partial charge in [0.25, 0.3) is 0 Å². The first kappa shape index (κ1) is 20.5. The van der Waals surface area contributed by atoms with E-state index in [1.54, 1.807) is 18.3 Å². The minimum Gasteiger partial charge on any atom is -0.480 e. The van der Waals surface area contributed by atoms with Gasteiger partial charge >= 0.3 is 5.97 Å². The van der Waals surface area contributed by atoms with Gasteiger partial charge < -0.3 is 15.4 Å². The normalized spacial score (nSPS) is 15.3. The molecule has 7 nitrogen and oxygen atoms in total. The molecular weight excluding hydrogens is 387 g/mol. The number of hydrogen-bond donors (Lipinski definition) is 2. The van der Waals surface area contributed by atoms with Gasteiger partial charge in [0.1, 0.15) is 17.5 Å². The van der Waals surface area contributed by atoms with E-state index >= 15 is 0 Å². The summed E-state index contributed by atoms with van der Waals surface area (Å²) in [4.78, 5) is 21.3. The molecule has 8 heteroatoms. The lowest BCUT2D eigenvalue weighted by Crippen LogP contribution is -2.33. The van der Waals surface area contributed by atoms with Crippen LogP contribution in [0.5, 0.6) is 0 Å². The van der Waals surface area contributed by atoms with E-state index in [-0.39, 0.29) is 5.82 Å². The van der Waals surface area contributed by atoms with Gasteiger partial charge in [0, 0.05) is 30.4 Å². The number of pyridine rings is 1. The maximum Gasteiger partial charge on any atom is 0.320 e. The lowest BCUT2D eigenvalue weighted by atomic mass is 10.1. The fourth-order valence-electron chi connectivity index (χ4n) is 3.95. The molecule has 30 heavy (non-hydrogen) atoms. The number of rotatable bonds is 8. The molecule has 1 atom stereocenters. The largest absolute Gasteiger partial charge is 0.480 e. The maximum atomic E-state index is 13.7. The van der Waals surface area contributed by atoms with E-state index in [4.69, 9.17) is 15.7 Å². The van der Waals surface area contributed by atoms with Crippen molar-refractivity contribution in [3.8, 4) is 0 Å². The molecule has 3 N–H and O–H groups in total. The van der Waals surface area contributed by atoms with Crippen LogP contribution in [0.1, 0.15) is 29.7 Å². The first-order valence-electron chi connectivity index (χ1n) is 10.1. The van der Waals surface area contributed by atoms with E-state index in [2.05, 4.69) is 15.6 Å². The van der Waals surface area contributed by atoms with Crippen molar-refractivity contribution in [2.45, 2.75) is 38.4 Å². The number of nitrogens with zero attached hydrogens (tertiary/aromatic N) is 3. The highest BCUT2D eigenvalue weighted by molar-refractivity contribution is 5.82. The third kappa shape index (κ3) is 4.35. The van der Waals surface area contributed by atoms with Gasteiger partial charge in [-0.3, -0.25) is 9.63 Å². The minimum atomic E-state index is -0.994. The van der Waals surface area contributed by atoms with Crippen molar-refractivity contribution in [2.75, 3.05) is 13.2 Å². The van der Waals surface area contributed by atoms with Crippen molar-refractivity contribution in [3.05, 3.63) is 65.2 Å². The van der Waals surface area contributed by atoms with Crippen LogP contribution in [0.3, 0.4) is 0 Å². The molecule has 1 aromatic carbocycles. The number of carboxylic acid groups (broad SMARTS) is 1. The molecule has 1 aliphatic heterocycles. The lowest BCUT2D eigenvalue weighted by Gasteiger charge is -2.27. The van der Waals surface area contributed by atoms with Crippen LogP contribution in [-0.2, 0) is 29.1 Å². The molecule has 3 aromatic rings. The molecule has 0 fully saturated rings. The predicted octanol–water partition coefficient (Wildman–Crippen LogP) is 2.71. The van der Waals surface area contributed by atoms with Crippen LogP contribution in [-0.4, -0.2) is 44.9 Å². The van der Waals surface area contributed by atoms with Crippen LogP contribution in [0.2, 0.25) is 0 Å². The monoisotopic (exact) mass is 412 g/mol. The Labute approximate surface area is 173 Å². The van der Waals surface area contributed by atoms with Gasteiger partial charge in [0.05, 0.1) is 13.2 Å². The Bertz CT molecular complexity index is 1050. The number of carboxylic acids is 1. The third-order valence-corrected chi connectivity index (χ3v) is 5.46. The number of hydroxylamine groups is 2. The van der Waals surface area contributed by atoms with E-state index < -0.39 is 12.0 Å². The van der Waals surface area contributed by atoms with Gasteiger partial charge in [0.2, 0.25) is 0 Å². The first-order chi connectivity index (χ1) is 14.5. The molecular formula is C22H25FN4O3. The zero-order valence-corrected chi connectivity index (χ0v) is 16.6. The fourth-order valence-corrected chi connectivity index (χ4v) is 3.95. The molecule has 0 saturated carbocycles. The number of carbonyl (C=O) groups is 1. The summed E-state index contributed by atoms with van der Waals surface area (Å²) in [7, 11) is 0. The molecule has 0 saturated heterocycles. The highest BCUT2D eigenvalue weighted by Gasteiger charge is 2.25. The zero-order chi connectivity index (χ0) is 21.1. The number of benzene rings is 1. The second-order valence-corrected chi connectivity index (χ2v) is 7.55. The number of fused-ring (bicyclic) bond motifs is 3. The number of aromatic nitrogens is 2. The van der Waals surface area contributed by atoms with Crippen molar-refractivity contribution in [1.82, 2.24) is 14.6 Å². The molecule has 2 aromatic heterocycles. The molecule has 0 amide bonds. The Hall–Kier alpha value is -2.81. The smallest absolute Gasteiger partial charge is 0.320 e. The molecule has 158 valence electrons. The number of nitrogens with two attached hydrogens (primary N) is 1. The number of halogens is 1. The van der Waals surface area contributed by atoms with E-state index in [0.717, 1.165) is 35.3 Å². The number of aliphatic carboxylic acids is 1. The second-order valence-electron chi connectivity index (χ2n) is 7.55. The average Bonchev–Trinajstić information content (AvgIpc) is 3.04. The fraction of sp³-hybridized carbons (Fsp3) is 0.364. The Morgan fingerprint density at radius 2 is 2.20 bits per heavy atom. The molecule has 0 unspecified atom stereocenters. The highest BCUT2D eigenvalue weighted by Crippen LogP contribution is 2.30. The standard InChI is InChI=1S/C22H25FN4O3/c23-16-5-1-4-15(12-16)13-27-20-14-26(30-11-3-7-19(24)22(28)29)10-8-17(20)18-6-2-9-25-21(18)27/h1-2,4-6,9,12,19H,3,7-8,10-11,13-14,24H2,(H,28,29)/t19-/m0/s1. The van der Waals surface area contributed by atoms with Crippen LogP contribution >= 0.6 is 0 Å². The molecule has 0 radical (unpaired) electrons. The van der Waals surface area contributed by atoms with Gasteiger partial charge in [-0.1, -0.05) is 12.1 Å². The quantitative estimate of drug-likeness (QED) is 0.553. The Kier molecular flexibility index (Phi) is 6.08. The van der Waals surface area contributed by atoms with Gasteiger partial charge in [0.15, 0.2) is 0 Å². The van der Waals surface area contributed by atoms with E-state index in [1.807, 2.05) is 17.2 Å². The summed E-state index contributed by atoms with van der Waals surface area (Å²) in [6, 6.07) is 9.76. The summed E-state index contributed by atoms with van der Waals surface area (Å²) in [5, 5.41) is 11.9. The summed E-state index contributed by atoms with van der Waals surface area (Å²) in [6.45, 7) is 2.28. The van der Waals surface area contributed by atoms with Crippen LogP contribution in [0.15, 0.2) is 42.6 Å². The van der Waals surface area contributed by atoms with Crippen molar-refractivity contribution in [1.29, 1.82) is 0 Å². The van der Waals surface area contributed by atoms with Gasteiger partial charge in [-0.15, -0.1) is 0 Å². The van der Waals surface area contributed by atoms with Gasteiger partial charge in [-0.2, -0.15) is 5.06 Å². The zero-order valence-electron chi connectivity index (χ0n) is 16.6. The van der Waals surface area contributed by atoms with Crippen LogP contribution in [0.4, 0.5) is 4.39 Å². The lowest BCUT2D eigenvalue weighted by molar-refractivity contribution is -0.171. The second kappa shape index (κ2) is 8.91.